The molecule has 32 heavy (non-hydrogen) atoms. The average molecular weight is 429 g/mol. The van der Waals surface area contributed by atoms with Crippen molar-refractivity contribution in [3.05, 3.63) is 93.4 Å². The van der Waals surface area contributed by atoms with E-state index in [1.54, 1.807) is 4.57 Å². The van der Waals surface area contributed by atoms with Crippen LogP contribution in [0, 0.1) is 13.8 Å². The lowest BCUT2D eigenvalue weighted by Gasteiger charge is -2.14. The third-order valence-corrected chi connectivity index (χ3v) is 5.87. The van der Waals surface area contributed by atoms with Crippen LogP contribution in [-0.4, -0.2) is 20.3 Å². The first kappa shape index (κ1) is 21.6. The summed E-state index contributed by atoms with van der Waals surface area (Å²) in [5.41, 5.74) is 5.19. The Bertz CT molecular complexity index is 1300. The van der Waals surface area contributed by atoms with E-state index in [1.807, 2.05) is 86.1 Å². The molecule has 0 spiro atoms. The fraction of sp³-hybridized carbons (Fsp3) is 0.269. The number of carbonyl (C=O) groups excluding carboxylic acids is 1. The van der Waals surface area contributed by atoms with Crippen molar-refractivity contribution in [1.82, 2.24) is 19.7 Å². The molecule has 164 valence electrons. The first-order chi connectivity index (χ1) is 15.5. The minimum absolute atomic E-state index is 0.0505. The average Bonchev–Trinajstić information content (AvgIpc) is 3.16. The van der Waals surface area contributed by atoms with E-state index in [-0.39, 0.29) is 17.9 Å². The van der Waals surface area contributed by atoms with Gasteiger partial charge < -0.3 is 5.32 Å². The van der Waals surface area contributed by atoms with Crippen LogP contribution in [0.5, 0.6) is 0 Å². The highest BCUT2D eigenvalue weighted by Gasteiger charge is 2.21. The zero-order valence-corrected chi connectivity index (χ0v) is 18.8. The van der Waals surface area contributed by atoms with Crippen LogP contribution in [0.3, 0.4) is 0 Å². The minimum Gasteiger partial charge on any atom is -0.352 e. The van der Waals surface area contributed by atoms with Gasteiger partial charge in [-0.3, -0.25) is 14.2 Å². The smallest absolute Gasteiger partial charge is 0.255 e. The number of pyridine rings is 1. The molecule has 0 fully saturated rings. The number of carbonyl (C=O) groups is 1. The highest BCUT2D eigenvalue weighted by atomic mass is 16.1. The van der Waals surface area contributed by atoms with Gasteiger partial charge in [0, 0.05) is 30.5 Å². The zero-order chi connectivity index (χ0) is 22.7. The molecule has 0 aliphatic heterocycles. The Morgan fingerprint density at radius 1 is 1.00 bits per heavy atom. The van der Waals surface area contributed by atoms with Gasteiger partial charge in [-0.25, -0.2) is 4.68 Å². The maximum atomic E-state index is 13.4. The Hall–Kier alpha value is -3.67. The number of nitrogens with zero attached hydrogens (tertiary/aromatic N) is 3. The lowest BCUT2D eigenvalue weighted by molar-refractivity contribution is -0.121. The maximum absolute atomic E-state index is 13.4. The summed E-state index contributed by atoms with van der Waals surface area (Å²) >= 11 is 0. The molecule has 2 aromatic heterocycles. The number of rotatable bonds is 7. The zero-order valence-electron chi connectivity index (χ0n) is 18.8. The van der Waals surface area contributed by atoms with Crippen LogP contribution in [0.25, 0.3) is 16.7 Å². The first-order valence-corrected chi connectivity index (χ1v) is 11.0. The van der Waals surface area contributed by atoms with Gasteiger partial charge in [-0.1, -0.05) is 48.5 Å². The van der Waals surface area contributed by atoms with E-state index in [2.05, 4.69) is 5.32 Å². The molecule has 1 N–H and O–H groups in total. The number of aromatic nitrogens is 3. The number of nitrogens with one attached hydrogen (secondary N) is 1. The van der Waals surface area contributed by atoms with Gasteiger partial charge in [0.25, 0.3) is 5.56 Å². The summed E-state index contributed by atoms with van der Waals surface area (Å²) in [4.78, 5) is 25.9. The Labute approximate surface area is 187 Å². The number of aryl methyl sites for hydroxylation is 3. The summed E-state index contributed by atoms with van der Waals surface area (Å²) in [5.74, 6) is -0.0625. The monoisotopic (exact) mass is 428 g/mol. The van der Waals surface area contributed by atoms with E-state index < -0.39 is 0 Å². The Morgan fingerprint density at radius 2 is 1.66 bits per heavy atom. The van der Waals surface area contributed by atoms with Crippen molar-refractivity contribution in [1.29, 1.82) is 0 Å². The van der Waals surface area contributed by atoms with Crippen molar-refractivity contribution < 1.29 is 4.79 Å². The van der Waals surface area contributed by atoms with E-state index in [0.717, 1.165) is 33.5 Å². The highest BCUT2D eigenvalue weighted by molar-refractivity contribution is 5.85. The largest absolute Gasteiger partial charge is 0.352 e. The molecule has 4 aromatic rings. The summed E-state index contributed by atoms with van der Waals surface area (Å²) in [5, 5.41) is 8.68. The molecule has 0 aliphatic carbocycles. The molecule has 0 unspecified atom stereocenters. The maximum Gasteiger partial charge on any atom is 0.255 e. The second kappa shape index (κ2) is 9.22. The van der Waals surface area contributed by atoms with Gasteiger partial charge in [0.05, 0.1) is 11.4 Å². The third-order valence-electron chi connectivity index (χ3n) is 5.87. The number of amides is 1. The van der Waals surface area contributed by atoms with E-state index in [0.29, 0.717) is 25.1 Å². The summed E-state index contributed by atoms with van der Waals surface area (Å²) < 4.78 is 3.62. The molecule has 0 saturated carbocycles. The Balaban J connectivity index is 1.65. The molecule has 1 amide bonds. The standard InChI is InChI=1S/C26H28N4O2/c1-4-29-25-24(19(3)28-30(25)21-13-9-6-10-14-21)18(2)22(26(29)32)15-16-23(31)27-17-20-11-7-5-8-12-20/h5-14H,4,15-17H2,1-3H3,(H,27,31). The van der Waals surface area contributed by atoms with Crippen molar-refractivity contribution in [2.75, 3.05) is 0 Å². The van der Waals surface area contributed by atoms with Gasteiger partial charge >= 0.3 is 0 Å². The van der Waals surface area contributed by atoms with Crippen molar-refractivity contribution in [2.45, 2.75) is 46.7 Å². The molecule has 6 nitrogen and oxygen atoms in total. The van der Waals surface area contributed by atoms with Gasteiger partial charge in [-0.15, -0.1) is 0 Å². The van der Waals surface area contributed by atoms with E-state index in [4.69, 9.17) is 5.10 Å². The molecule has 0 bridgehead atoms. The Morgan fingerprint density at radius 3 is 2.31 bits per heavy atom. The van der Waals surface area contributed by atoms with Crippen LogP contribution >= 0.6 is 0 Å². The van der Waals surface area contributed by atoms with Gasteiger partial charge in [0.2, 0.25) is 5.91 Å². The Kier molecular flexibility index (Phi) is 6.21. The minimum atomic E-state index is -0.0625. The lowest BCUT2D eigenvalue weighted by atomic mass is 10.0. The SMILES string of the molecule is CCn1c(=O)c(CCC(=O)NCc2ccccc2)c(C)c2c(C)nn(-c3ccccc3)c21. The molecule has 2 aromatic carbocycles. The lowest BCUT2D eigenvalue weighted by Crippen LogP contribution is -2.28. The predicted molar refractivity (Wildman–Crippen MR) is 127 cm³/mol. The fourth-order valence-corrected chi connectivity index (χ4v) is 4.23. The summed E-state index contributed by atoms with van der Waals surface area (Å²) in [6.07, 6.45) is 0.668. The fourth-order valence-electron chi connectivity index (χ4n) is 4.23. The molecular formula is C26H28N4O2. The highest BCUT2D eigenvalue weighted by Crippen LogP contribution is 2.26. The molecule has 4 rings (SSSR count). The molecular weight excluding hydrogens is 400 g/mol. The third kappa shape index (κ3) is 4.08. The number of fused-ring (bicyclic) bond motifs is 1. The number of para-hydroxylation sites is 1. The first-order valence-electron chi connectivity index (χ1n) is 11.0. The topological polar surface area (TPSA) is 68.9 Å². The van der Waals surface area contributed by atoms with Gasteiger partial charge in [0.1, 0.15) is 5.65 Å². The van der Waals surface area contributed by atoms with Crippen LogP contribution < -0.4 is 10.9 Å². The number of hydrogen-bond donors (Lipinski definition) is 1. The van der Waals surface area contributed by atoms with Crippen LogP contribution in [0.4, 0.5) is 0 Å². The molecule has 6 heteroatoms. The van der Waals surface area contributed by atoms with Crippen molar-refractivity contribution in [2.24, 2.45) is 0 Å². The normalized spacial score (nSPS) is 11.1. The van der Waals surface area contributed by atoms with Crippen molar-refractivity contribution in [3.63, 3.8) is 0 Å². The van der Waals surface area contributed by atoms with Crippen LogP contribution in [-0.2, 0) is 24.3 Å². The van der Waals surface area contributed by atoms with E-state index in [9.17, 15) is 9.59 Å². The molecule has 2 heterocycles. The molecule has 0 aliphatic rings. The van der Waals surface area contributed by atoms with Gasteiger partial charge in [-0.2, -0.15) is 5.10 Å². The quantitative estimate of drug-likeness (QED) is 0.482. The summed E-state index contributed by atoms with van der Waals surface area (Å²) in [7, 11) is 0. The second-order valence-electron chi connectivity index (χ2n) is 7.95. The van der Waals surface area contributed by atoms with Gasteiger partial charge in [-0.05, 0) is 50.5 Å². The molecule has 0 atom stereocenters. The van der Waals surface area contributed by atoms with Crippen molar-refractivity contribution >= 4 is 16.9 Å². The van der Waals surface area contributed by atoms with Gasteiger partial charge in [0.15, 0.2) is 0 Å². The second-order valence-corrected chi connectivity index (χ2v) is 7.95. The predicted octanol–water partition coefficient (Wildman–Crippen LogP) is 4.07. The molecule has 0 saturated heterocycles. The van der Waals surface area contributed by atoms with E-state index in [1.165, 1.54) is 0 Å². The van der Waals surface area contributed by atoms with Crippen LogP contribution in [0.1, 0.15) is 35.7 Å². The van der Waals surface area contributed by atoms with Crippen molar-refractivity contribution in [3.8, 4) is 5.69 Å². The van der Waals surface area contributed by atoms with Crippen LogP contribution in [0.15, 0.2) is 65.5 Å². The number of benzene rings is 2. The van der Waals surface area contributed by atoms with Crippen LogP contribution in [0.2, 0.25) is 0 Å². The molecule has 0 radical (unpaired) electrons. The number of hydrogen-bond acceptors (Lipinski definition) is 3. The summed E-state index contributed by atoms with van der Waals surface area (Å²) in [6, 6.07) is 19.6. The van der Waals surface area contributed by atoms with E-state index >= 15 is 0 Å². The summed E-state index contributed by atoms with van der Waals surface area (Å²) in [6.45, 7) is 6.91.